The van der Waals surface area contributed by atoms with Gasteiger partial charge in [-0.1, -0.05) is 44.2 Å². The maximum atomic E-state index is 5.74. The summed E-state index contributed by atoms with van der Waals surface area (Å²) in [5.74, 6) is 2.11. The van der Waals surface area contributed by atoms with Gasteiger partial charge in [-0.2, -0.15) is 0 Å². The third-order valence-corrected chi connectivity index (χ3v) is 2.70. The highest BCUT2D eigenvalue weighted by atomic mass is 16.3. The van der Waals surface area contributed by atoms with Gasteiger partial charge in [0.25, 0.3) is 0 Å². The predicted octanol–water partition coefficient (Wildman–Crippen LogP) is 4.35. The zero-order valence-electron chi connectivity index (χ0n) is 9.86. The fraction of sp³-hybridized carbons (Fsp3) is 0.267. The Morgan fingerprint density at radius 3 is 1.88 bits per heavy atom. The van der Waals surface area contributed by atoms with Gasteiger partial charge in [0.1, 0.15) is 0 Å². The summed E-state index contributed by atoms with van der Waals surface area (Å²) in [4.78, 5) is 0. The molecular formula is C15H17O+. The van der Waals surface area contributed by atoms with Gasteiger partial charge >= 0.3 is 11.5 Å². The van der Waals surface area contributed by atoms with E-state index in [-0.39, 0.29) is 0 Å². The highest BCUT2D eigenvalue weighted by Crippen LogP contribution is 2.22. The molecule has 0 atom stereocenters. The second kappa shape index (κ2) is 4.93. The van der Waals surface area contributed by atoms with E-state index in [4.69, 9.17) is 4.42 Å². The molecule has 0 bridgehead atoms. The summed E-state index contributed by atoms with van der Waals surface area (Å²) in [7, 11) is 0. The molecule has 2 rings (SSSR count). The zero-order chi connectivity index (χ0) is 11.4. The van der Waals surface area contributed by atoms with Crippen LogP contribution < -0.4 is 0 Å². The number of hydrogen-bond acceptors (Lipinski definition) is 0. The van der Waals surface area contributed by atoms with Crippen molar-refractivity contribution < 1.29 is 4.42 Å². The maximum Gasteiger partial charge on any atom is 0.329 e. The first kappa shape index (κ1) is 10.9. The SMILES string of the molecule is CCc1cc(-c2ccccc2)cc(CC)[o+]1. The van der Waals surface area contributed by atoms with Gasteiger partial charge in [0.2, 0.25) is 0 Å². The maximum absolute atomic E-state index is 5.74. The molecule has 1 nitrogen and oxygen atoms in total. The van der Waals surface area contributed by atoms with Crippen molar-refractivity contribution in [1.29, 1.82) is 0 Å². The van der Waals surface area contributed by atoms with Crippen LogP contribution in [0.2, 0.25) is 0 Å². The molecule has 1 aromatic carbocycles. The van der Waals surface area contributed by atoms with Crippen molar-refractivity contribution in [3.63, 3.8) is 0 Å². The average molecular weight is 213 g/mol. The average Bonchev–Trinajstić information content (AvgIpc) is 2.39. The van der Waals surface area contributed by atoms with E-state index < -0.39 is 0 Å². The lowest BCUT2D eigenvalue weighted by Crippen LogP contribution is -1.88. The van der Waals surface area contributed by atoms with Gasteiger partial charge in [-0.15, -0.1) is 0 Å². The molecule has 0 aliphatic carbocycles. The minimum atomic E-state index is 0.938. The standard InChI is InChI=1S/C15H17O/c1-3-14-10-13(11-15(4-2)16-14)12-8-6-5-7-9-12/h5-11H,3-4H2,1-2H3/q+1. The molecule has 2 aromatic rings. The fourth-order valence-electron chi connectivity index (χ4n) is 1.76. The smallest absolute Gasteiger partial charge is 0.218 e. The Bertz CT molecular complexity index is 438. The van der Waals surface area contributed by atoms with Gasteiger partial charge in [0, 0.05) is 12.1 Å². The summed E-state index contributed by atoms with van der Waals surface area (Å²) in [5.41, 5.74) is 2.50. The van der Waals surface area contributed by atoms with E-state index in [0.29, 0.717) is 0 Å². The summed E-state index contributed by atoms with van der Waals surface area (Å²) >= 11 is 0. The van der Waals surface area contributed by atoms with Crippen LogP contribution in [-0.2, 0) is 12.8 Å². The van der Waals surface area contributed by atoms with Crippen LogP contribution in [0.3, 0.4) is 0 Å². The lowest BCUT2D eigenvalue weighted by Gasteiger charge is -1.99. The zero-order valence-corrected chi connectivity index (χ0v) is 9.86. The first-order valence-electron chi connectivity index (χ1n) is 5.84. The second-order valence-electron chi connectivity index (χ2n) is 3.85. The van der Waals surface area contributed by atoms with Crippen molar-refractivity contribution in [2.45, 2.75) is 26.7 Å². The summed E-state index contributed by atoms with van der Waals surface area (Å²) in [6.07, 6.45) is 1.88. The Morgan fingerprint density at radius 2 is 1.38 bits per heavy atom. The lowest BCUT2D eigenvalue weighted by atomic mass is 10.0. The van der Waals surface area contributed by atoms with Gasteiger partial charge in [0.05, 0.1) is 12.8 Å². The quantitative estimate of drug-likeness (QED) is 0.690. The van der Waals surface area contributed by atoms with Crippen LogP contribution in [0, 0.1) is 0 Å². The predicted molar refractivity (Wildman–Crippen MR) is 67.3 cm³/mol. The fourth-order valence-corrected chi connectivity index (χ4v) is 1.76. The second-order valence-corrected chi connectivity index (χ2v) is 3.85. The van der Waals surface area contributed by atoms with Gasteiger partial charge < -0.3 is 0 Å². The van der Waals surface area contributed by atoms with Crippen LogP contribution >= 0.6 is 0 Å². The highest BCUT2D eigenvalue weighted by molar-refractivity contribution is 5.63. The van der Waals surface area contributed by atoms with Crippen molar-refractivity contribution in [1.82, 2.24) is 0 Å². The van der Waals surface area contributed by atoms with Crippen LogP contribution in [0.4, 0.5) is 0 Å². The summed E-state index contributed by atoms with van der Waals surface area (Å²) < 4.78 is 5.74. The van der Waals surface area contributed by atoms with Gasteiger partial charge in [-0.25, -0.2) is 4.42 Å². The molecule has 0 radical (unpaired) electrons. The number of hydrogen-bond donors (Lipinski definition) is 0. The third kappa shape index (κ3) is 2.30. The minimum absolute atomic E-state index is 0.938. The number of aryl methyl sites for hydroxylation is 2. The normalized spacial score (nSPS) is 10.4. The largest absolute Gasteiger partial charge is 0.329 e. The van der Waals surface area contributed by atoms with E-state index in [0.717, 1.165) is 24.4 Å². The van der Waals surface area contributed by atoms with E-state index in [2.05, 4.69) is 50.2 Å². The molecule has 0 aliphatic rings. The van der Waals surface area contributed by atoms with Crippen molar-refractivity contribution in [3.05, 3.63) is 54.0 Å². The molecule has 0 unspecified atom stereocenters. The Morgan fingerprint density at radius 1 is 0.812 bits per heavy atom. The van der Waals surface area contributed by atoms with Crippen LogP contribution in [0.5, 0.6) is 0 Å². The molecule has 1 heteroatoms. The van der Waals surface area contributed by atoms with Crippen LogP contribution in [0.1, 0.15) is 25.4 Å². The van der Waals surface area contributed by atoms with E-state index in [1.54, 1.807) is 0 Å². The molecule has 16 heavy (non-hydrogen) atoms. The molecule has 0 N–H and O–H groups in total. The summed E-state index contributed by atoms with van der Waals surface area (Å²) in [6.45, 7) is 4.24. The van der Waals surface area contributed by atoms with E-state index in [1.165, 1.54) is 11.1 Å². The summed E-state index contributed by atoms with van der Waals surface area (Å²) in [5, 5.41) is 0. The molecule has 0 saturated carbocycles. The van der Waals surface area contributed by atoms with Crippen molar-refractivity contribution in [2.75, 3.05) is 0 Å². The molecule has 0 saturated heterocycles. The molecule has 82 valence electrons. The molecule has 0 amide bonds. The molecule has 0 fully saturated rings. The topological polar surface area (TPSA) is 11.3 Å². The molecule has 1 aromatic heterocycles. The monoisotopic (exact) mass is 213 g/mol. The van der Waals surface area contributed by atoms with Crippen LogP contribution in [0.15, 0.2) is 46.9 Å². The first-order valence-corrected chi connectivity index (χ1v) is 5.84. The molecular weight excluding hydrogens is 196 g/mol. The third-order valence-electron chi connectivity index (χ3n) is 2.70. The minimum Gasteiger partial charge on any atom is -0.218 e. The Labute approximate surface area is 96.8 Å². The van der Waals surface area contributed by atoms with Crippen LogP contribution in [0.25, 0.3) is 11.1 Å². The van der Waals surface area contributed by atoms with Crippen molar-refractivity contribution in [3.8, 4) is 11.1 Å². The highest BCUT2D eigenvalue weighted by Gasteiger charge is 2.13. The van der Waals surface area contributed by atoms with E-state index >= 15 is 0 Å². The van der Waals surface area contributed by atoms with Crippen molar-refractivity contribution in [2.24, 2.45) is 0 Å². The Kier molecular flexibility index (Phi) is 3.35. The molecule has 0 spiro atoms. The van der Waals surface area contributed by atoms with E-state index in [9.17, 15) is 0 Å². The molecule has 0 aliphatic heterocycles. The van der Waals surface area contributed by atoms with Crippen molar-refractivity contribution >= 4 is 0 Å². The van der Waals surface area contributed by atoms with Crippen LogP contribution in [-0.4, -0.2) is 0 Å². The van der Waals surface area contributed by atoms with E-state index in [1.807, 2.05) is 6.07 Å². The number of benzene rings is 1. The van der Waals surface area contributed by atoms with Gasteiger partial charge in [-0.3, -0.25) is 0 Å². The lowest BCUT2D eigenvalue weighted by molar-refractivity contribution is 0.456. The van der Waals surface area contributed by atoms with Gasteiger partial charge in [-0.05, 0) is 11.1 Å². The molecule has 1 heterocycles. The Balaban J connectivity index is 2.48. The summed E-state index contributed by atoms with van der Waals surface area (Å²) in [6, 6.07) is 14.7. The number of rotatable bonds is 3. The Hall–Kier alpha value is -1.63. The first-order chi connectivity index (χ1) is 7.83. The van der Waals surface area contributed by atoms with Gasteiger partial charge in [0.15, 0.2) is 0 Å².